The molecule has 138 valence electrons. The van der Waals surface area contributed by atoms with Crippen molar-refractivity contribution in [2.75, 3.05) is 31.4 Å². The molecule has 0 fully saturated rings. The second-order valence-electron chi connectivity index (χ2n) is 6.88. The molecule has 0 aliphatic heterocycles. The lowest BCUT2D eigenvalue weighted by atomic mass is 10.1. The second-order valence-corrected chi connectivity index (χ2v) is 6.88. The maximum absolute atomic E-state index is 12.6. The van der Waals surface area contributed by atoms with E-state index >= 15 is 0 Å². The Hall–Kier alpha value is -2.76. The minimum atomic E-state index is -0.428. The van der Waals surface area contributed by atoms with Crippen LogP contribution in [0.4, 0.5) is 11.5 Å². The number of carbonyl (C=O) groups is 1. The average Bonchev–Trinajstić information content (AvgIpc) is 2.89. The molecule has 1 aromatic carbocycles. The largest absolute Gasteiger partial charge is 0.493 e. The Morgan fingerprint density at radius 3 is 2.58 bits per heavy atom. The predicted octanol–water partition coefficient (Wildman–Crippen LogP) is 3.22. The van der Waals surface area contributed by atoms with Gasteiger partial charge in [0, 0.05) is 20.5 Å². The van der Waals surface area contributed by atoms with E-state index in [-0.39, 0.29) is 11.9 Å². The third-order valence-corrected chi connectivity index (χ3v) is 4.34. The highest BCUT2D eigenvalue weighted by Gasteiger charge is 2.32. The van der Waals surface area contributed by atoms with E-state index in [4.69, 9.17) is 9.47 Å². The van der Waals surface area contributed by atoms with Crippen LogP contribution >= 0.6 is 0 Å². The van der Waals surface area contributed by atoms with E-state index in [1.54, 1.807) is 13.3 Å². The topological polar surface area (TPSA) is 63.7 Å². The summed E-state index contributed by atoms with van der Waals surface area (Å²) in [6, 6.07) is 7.23. The summed E-state index contributed by atoms with van der Waals surface area (Å²) in [5.41, 5.74) is 2.89. The van der Waals surface area contributed by atoms with Gasteiger partial charge in [-0.1, -0.05) is 0 Å². The van der Waals surface area contributed by atoms with Gasteiger partial charge in [0.1, 0.15) is 11.9 Å². The molecule has 3 rings (SSSR count). The zero-order valence-corrected chi connectivity index (χ0v) is 15.9. The van der Waals surface area contributed by atoms with Crippen LogP contribution in [0.5, 0.6) is 11.5 Å². The van der Waals surface area contributed by atoms with Crippen LogP contribution in [-0.4, -0.2) is 38.1 Å². The van der Waals surface area contributed by atoms with Gasteiger partial charge >= 0.3 is 0 Å². The van der Waals surface area contributed by atoms with Gasteiger partial charge in [0.2, 0.25) is 0 Å². The first kappa shape index (κ1) is 18.0. The number of ketones is 1. The molecule has 2 aromatic rings. The number of nitrogens with zero attached hydrogens (tertiary/aromatic N) is 2. The number of Topliss-reactive ketones (excluding diaryl/α,β-unsaturated/α-hetero) is 1. The summed E-state index contributed by atoms with van der Waals surface area (Å²) in [5, 5.41) is 3.26. The third-order valence-electron chi connectivity index (χ3n) is 4.34. The number of pyridine rings is 1. The van der Waals surface area contributed by atoms with Crippen LogP contribution in [0.2, 0.25) is 0 Å². The summed E-state index contributed by atoms with van der Waals surface area (Å²) >= 11 is 0. The van der Waals surface area contributed by atoms with Crippen LogP contribution in [0, 0.1) is 0 Å². The van der Waals surface area contributed by atoms with Crippen molar-refractivity contribution in [3.63, 3.8) is 0 Å². The zero-order valence-electron chi connectivity index (χ0n) is 15.9. The average molecular weight is 355 g/mol. The molecule has 1 unspecified atom stereocenters. The Balaban J connectivity index is 1.89. The highest BCUT2D eigenvalue weighted by molar-refractivity contribution is 5.94. The minimum Gasteiger partial charge on any atom is -0.493 e. The quantitative estimate of drug-likeness (QED) is 0.858. The number of rotatable bonds is 6. The van der Waals surface area contributed by atoms with Gasteiger partial charge in [0.15, 0.2) is 17.3 Å². The van der Waals surface area contributed by atoms with Gasteiger partial charge in [-0.15, -0.1) is 0 Å². The highest BCUT2D eigenvalue weighted by atomic mass is 16.5. The number of anilines is 2. The van der Waals surface area contributed by atoms with E-state index in [9.17, 15) is 4.79 Å². The highest BCUT2D eigenvalue weighted by Crippen LogP contribution is 2.39. The van der Waals surface area contributed by atoms with Gasteiger partial charge < -0.3 is 19.7 Å². The lowest BCUT2D eigenvalue weighted by Gasteiger charge is -2.18. The van der Waals surface area contributed by atoms with E-state index in [0.29, 0.717) is 23.7 Å². The van der Waals surface area contributed by atoms with Crippen molar-refractivity contribution < 1.29 is 14.3 Å². The Labute approximate surface area is 154 Å². The summed E-state index contributed by atoms with van der Waals surface area (Å²) in [4.78, 5) is 19.0. The number of nitrogens with one attached hydrogen (secondary N) is 1. The lowest BCUT2D eigenvalue weighted by Crippen LogP contribution is -2.17. The monoisotopic (exact) mass is 355 g/mol. The molecular weight excluding hydrogens is 330 g/mol. The van der Waals surface area contributed by atoms with Crippen LogP contribution in [-0.2, 0) is 11.2 Å². The molecule has 1 heterocycles. The van der Waals surface area contributed by atoms with Crippen molar-refractivity contribution in [3.05, 3.63) is 41.6 Å². The van der Waals surface area contributed by atoms with Crippen LogP contribution in [0.3, 0.4) is 0 Å². The molecule has 0 spiro atoms. The van der Waals surface area contributed by atoms with E-state index in [2.05, 4.69) is 10.3 Å². The molecule has 6 nitrogen and oxygen atoms in total. The summed E-state index contributed by atoms with van der Waals surface area (Å²) in [6.45, 7) is 3.92. The lowest BCUT2D eigenvalue weighted by molar-refractivity contribution is -0.118. The Morgan fingerprint density at radius 1 is 1.23 bits per heavy atom. The summed E-state index contributed by atoms with van der Waals surface area (Å²) in [5.74, 6) is 2.09. The first-order valence-electron chi connectivity index (χ1n) is 8.69. The summed E-state index contributed by atoms with van der Waals surface area (Å²) in [6.07, 6.45) is 2.18. The van der Waals surface area contributed by atoms with E-state index in [1.165, 1.54) is 0 Å². The van der Waals surface area contributed by atoms with Crippen molar-refractivity contribution >= 4 is 17.3 Å². The Morgan fingerprint density at radius 2 is 2.00 bits per heavy atom. The fourth-order valence-electron chi connectivity index (χ4n) is 3.05. The molecule has 0 amide bonds. The van der Waals surface area contributed by atoms with Crippen LogP contribution in [0.25, 0.3) is 0 Å². The number of ether oxygens (including phenoxy) is 2. The van der Waals surface area contributed by atoms with Gasteiger partial charge in [0.05, 0.1) is 25.1 Å². The molecule has 0 saturated heterocycles. The molecule has 6 heteroatoms. The first-order chi connectivity index (χ1) is 12.4. The molecule has 0 radical (unpaired) electrons. The summed E-state index contributed by atoms with van der Waals surface area (Å²) in [7, 11) is 5.53. The van der Waals surface area contributed by atoms with Gasteiger partial charge in [0.25, 0.3) is 0 Å². The number of benzene rings is 1. The van der Waals surface area contributed by atoms with Crippen LogP contribution < -0.4 is 19.7 Å². The van der Waals surface area contributed by atoms with Crippen molar-refractivity contribution in [2.45, 2.75) is 32.4 Å². The maximum Gasteiger partial charge on any atom is 0.164 e. The Bertz CT molecular complexity index is 801. The minimum absolute atomic E-state index is 0.0192. The van der Waals surface area contributed by atoms with Gasteiger partial charge in [-0.05, 0) is 49.2 Å². The number of fused-ring (bicyclic) bond motifs is 1. The molecule has 1 N–H and O–H groups in total. The molecule has 0 bridgehead atoms. The molecule has 26 heavy (non-hydrogen) atoms. The zero-order chi connectivity index (χ0) is 18.8. The fourth-order valence-corrected chi connectivity index (χ4v) is 3.05. The Kier molecular flexibility index (Phi) is 5.02. The number of methoxy groups -OCH3 is 1. The number of hydrogen-bond acceptors (Lipinski definition) is 6. The van der Waals surface area contributed by atoms with Crippen molar-refractivity contribution in [3.8, 4) is 11.5 Å². The van der Waals surface area contributed by atoms with E-state index in [1.807, 2.05) is 57.1 Å². The molecule has 1 aromatic heterocycles. The van der Waals surface area contributed by atoms with Crippen molar-refractivity contribution in [1.82, 2.24) is 4.98 Å². The molecule has 1 atom stereocenters. The number of carbonyl (C=O) groups excluding carboxylic acids is 1. The molecule has 1 aliphatic carbocycles. The SMILES string of the molecule is COc1cc2c(cc1OC(C)C)C(Nc1ccc(N(C)C)cn1)C(=O)C2. The van der Waals surface area contributed by atoms with E-state index in [0.717, 1.165) is 16.8 Å². The fraction of sp³-hybridized carbons (Fsp3) is 0.400. The van der Waals surface area contributed by atoms with Crippen molar-refractivity contribution in [2.24, 2.45) is 0 Å². The smallest absolute Gasteiger partial charge is 0.164 e. The van der Waals surface area contributed by atoms with Gasteiger partial charge in [-0.2, -0.15) is 0 Å². The van der Waals surface area contributed by atoms with Crippen molar-refractivity contribution in [1.29, 1.82) is 0 Å². The molecule has 1 aliphatic rings. The molecular formula is C20H25N3O3. The third kappa shape index (κ3) is 3.59. The van der Waals surface area contributed by atoms with Gasteiger partial charge in [-0.3, -0.25) is 4.79 Å². The first-order valence-corrected chi connectivity index (χ1v) is 8.69. The number of hydrogen-bond donors (Lipinski definition) is 1. The van der Waals surface area contributed by atoms with Crippen LogP contribution in [0.1, 0.15) is 31.0 Å². The predicted molar refractivity (Wildman–Crippen MR) is 102 cm³/mol. The second kappa shape index (κ2) is 7.23. The van der Waals surface area contributed by atoms with Gasteiger partial charge in [-0.25, -0.2) is 4.98 Å². The maximum atomic E-state index is 12.6. The van der Waals surface area contributed by atoms with Crippen LogP contribution in [0.15, 0.2) is 30.5 Å². The normalized spacial score (nSPS) is 15.8. The number of aromatic nitrogens is 1. The standard InChI is InChI=1S/C20H25N3O3/c1-12(2)26-18-10-15-13(9-17(18)25-5)8-16(24)20(15)22-19-7-6-14(11-21-19)23(3)4/h6-7,9-12,20H,8H2,1-5H3,(H,21,22). The molecule has 0 saturated carbocycles. The summed E-state index contributed by atoms with van der Waals surface area (Å²) < 4.78 is 11.3. The van der Waals surface area contributed by atoms with E-state index < -0.39 is 6.04 Å².